The van der Waals surface area contributed by atoms with Crippen molar-refractivity contribution >= 4 is 17.0 Å². The van der Waals surface area contributed by atoms with E-state index in [1.165, 1.54) is 12.8 Å². The number of nitrogens with zero attached hydrogens (tertiary/aromatic N) is 4. The highest BCUT2D eigenvalue weighted by molar-refractivity contribution is 5.82. The van der Waals surface area contributed by atoms with E-state index < -0.39 is 0 Å². The third-order valence-corrected chi connectivity index (χ3v) is 4.57. The van der Waals surface area contributed by atoms with Gasteiger partial charge in [0.05, 0.1) is 19.5 Å². The minimum atomic E-state index is 0.550. The molecule has 1 saturated carbocycles. The molecule has 1 aliphatic carbocycles. The van der Waals surface area contributed by atoms with Gasteiger partial charge in [-0.1, -0.05) is 6.07 Å². The normalized spacial score (nSPS) is 16.6. The van der Waals surface area contributed by atoms with Gasteiger partial charge in [0.15, 0.2) is 23.0 Å². The lowest BCUT2D eigenvalue weighted by molar-refractivity contribution is 0.297. The van der Waals surface area contributed by atoms with Crippen molar-refractivity contribution in [2.75, 3.05) is 18.5 Å². The zero-order valence-electron chi connectivity index (χ0n) is 13.8. The number of hydrogen-bond donors (Lipinski definition) is 1. The Morgan fingerprint density at radius 3 is 2.84 bits per heavy atom. The van der Waals surface area contributed by atoms with Crippen molar-refractivity contribution in [2.45, 2.75) is 31.8 Å². The summed E-state index contributed by atoms with van der Waals surface area (Å²) in [5.41, 5.74) is 2.83. The Hall–Kier alpha value is -2.83. The molecule has 0 bridgehead atoms. The van der Waals surface area contributed by atoms with Crippen molar-refractivity contribution in [3.05, 3.63) is 36.4 Å². The van der Waals surface area contributed by atoms with Crippen LogP contribution in [0.3, 0.4) is 0 Å². The molecule has 2 aromatic heterocycles. The fourth-order valence-electron chi connectivity index (χ4n) is 3.10. The first-order valence-electron chi connectivity index (χ1n) is 8.68. The average molecular weight is 337 g/mol. The Bertz CT molecular complexity index is 919. The molecule has 7 heteroatoms. The van der Waals surface area contributed by atoms with Crippen molar-refractivity contribution in [3.8, 4) is 11.5 Å². The molecule has 3 aromatic rings. The zero-order chi connectivity index (χ0) is 16.6. The van der Waals surface area contributed by atoms with Crippen LogP contribution in [0, 0.1) is 0 Å². The summed E-state index contributed by atoms with van der Waals surface area (Å²) in [5.74, 6) is 2.38. The number of hydrogen-bond acceptors (Lipinski definition) is 6. The van der Waals surface area contributed by atoms with Gasteiger partial charge in [-0.25, -0.2) is 15.0 Å². The monoisotopic (exact) mass is 337 g/mol. The Balaban J connectivity index is 1.38. The molecular weight excluding hydrogens is 318 g/mol. The van der Waals surface area contributed by atoms with Gasteiger partial charge in [-0.05, 0) is 30.5 Å². The van der Waals surface area contributed by atoms with Crippen molar-refractivity contribution in [2.24, 2.45) is 0 Å². The van der Waals surface area contributed by atoms with Crippen molar-refractivity contribution < 1.29 is 9.47 Å². The van der Waals surface area contributed by atoms with Gasteiger partial charge in [-0.15, -0.1) is 0 Å². The van der Waals surface area contributed by atoms with E-state index in [-0.39, 0.29) is 0 Å². The van der Waals surface area contributed by atoms with Crippen LogP contribution in [0.2, 0.25) is 0 Å². The lowest BCUT2D eigenvalue weighted by Gasteiger charge is -2.10. The highest BCUT2D eigenvalue weighted by Crippen LogP contribution is 2.37. The van der Waals surface area contributed by atoms with E-state index in [1.807, 2.05) is 24.5 Å². The first-order valence-corrected chi connectivity index (χ1v) is 8.68. The van der Waals surface area contributed by atoms with E-state index in [0.29, 0.717) is 25.8 Å². The molecule has 1 aliphatic heterocycles. The molecule has 25 heavy (non-hydrogen) atoms. The molecule has 0 radical (unpaired) electrons. The highest BCUT2D eigenvalue weighted by atomic mass is 16.5. The Morgan fingerprint density at radius 1 is 1.08 bits per heavy atom. The molecular formula is C18H19N5O2. The first kappa shape index (κ1) is 14.5. The van der Waals surface area contributed by atoms with Crippen LogP contribution in [0.5, 0.6) is 11.5 Å². The maximum absolute atomic E-state index is 5.75. The van der Waals surface area contributed by atoms with Gasteiger partial charge in [-0.3, -0.25) is 0 Å². The van der Waals surface area contributed by atoms with Gasteiger partial charge in [0.1, 0.15) is 11.8 Å². The fourth-order valence-corrected chi connectivity index (χ4v) is 3.10. The molecule has 1 fully saturated rings. The van der Waals surface area contributed by atoms with Gasteiger partial charge >= 0.3 is 0 Å². The largest absolute Gasteiger partial charge is 0.490 e. The molecule has 2 aliphatic rings. The lowest BCUT2D eigenvalue weighted by atomic mass is 10.2. The van der Waals surface area contributed by atoms with Crippen LogP contribution in [0.25, 0.3) is 11.2 Å². The molecule has 0 spiro atoms. The number of nitrogens with one attached hydrogen (secondary N) is 1. The van der Waals surface area contributed by atoms with Crippen LogP contribution in [0.1, 0.15) is 30.9 Å². The van der Waals surface area contributed by atoms with Crippen molar-refractivity contribution in [3.63, 3.8) is 0 Å². The maximum Gasteiger partial charge on any atom is 0.165 e. The zero-order valence-corrected chi connectivity index (χ0v) is 13.8. The standard InChI is InChI=1S/C18H19N5O2/c1-6-24-14-5-2-12(8-15(14)25-7-1)9-19-17-16-18(21-10-20-17)23(11-22-16)13-3-4-13/h2,5,8,10-11,13H,1,3-4,6-7,9H2,(H,19,20,21). The summed E-state index contributed by atoms with van der Waals surface area (Å²) in [5, 5.41) is 3.38. The average Bonchev–Trinajstić information content (AvgIpc) is 3.43. The Labute approximate surface area is 145 Å². The molecule has 1 N–H and O–H groups in total. The molecule has 0 atom stereocenters. The summed E-state index contributed by atoms with van der Waals surface area (Å²) >= 11 is 0. The molecule has 0 unspecified atom stereocenters. The summed E-state index contributed by atoms with van der Waals surface area (Å²) < 4.78 is 13.6. The van der Waals surface area contributed by atoms with Gasteiger partial charge in [0.25, 0.3) is 0 Å². The maximum atomic E-state index is 5.75. The van der Waals surface area contributed by atoms with E-state index in [4.69, 9.17) is 9.47 Å². The van der Waals surface area contributed by atoms with Crippen LogP contribution in [-0.4, -0.2) is 32.7 Å². The van der Waals surface area contributed by atoms with Crippen LogP contribution in [0.15, 0.2) is 30.9 Å². The quantitative estimate of drug-likeness (QED) is 0.789. The minimum Gasteiger partial charge on any atom is -0.490 e. The van der Waals surface area contributed by atoms with E-state index in [9.17, 15) is 0 Å². The number of aromatic nitrogens is 4. The SMILES string of the molecule is c1nc(NCc2ccc3c(c2)OCCCO3)c2ncn(C3CC3)c2n1. The van der Waals surface area contributed by atoms with Gasteiger partial charge in [0, 0.05) is 19.0 Å². The third kappa shape index (κ3) is 2.75. The van der Waals surface area contributed by atoms with Crippen LogP contribution >= 0.6 is 0 Å². The molecule has 0 saturated heterocycles. The lowest BCUT2D eigenvalue weighted by Crippen LogP contribution is -2.04. The molecule has 128 valence electrons. The van der Waals surface area contributed by atoms with Crippen molar-refractivity contribution in [1.82, 2.24) is 19.5 Å². The minimum absolute atomic E-state index is 0.550. The second-order valence-electron chi connectivity index (χ2n) is 6.46. The predicted molar refractivity (Wildman–Crippen MR) is 93.0 cm³/mol. The summed E-state index contributed by atoms with van der Waals surface area (Å²) in [7, 11) is 0. The van der Waals surface area contributed by atoms with Gasteiger partial charge in [0.2, 0.25) is 0 Å². The first-order chi connectivity index (χ1) is 12.4. The Kier molecular flexibility index (Phi) is 3.43. The summed E-state index contributed by atoms with van der Waals surface area (Å²) in [6, 6.07) is 6.58. The summed E-state index contributed by atoms with van der Waals surface area (Å²) in [4.78, 5) is 13.3. The van der Waals surface area contributed by atoms with E-state index >= 15 is 0 Å². The molecule has 1 aromatic carbocycles. The number of ether oxygens (including phenoxy) is 2. The number of rotatable bonds is 4. The topological polar surface area (TPSA) is 74.1 Å². The highest BCUT2D eigenvalue weighted by Gasteiger charge is 2.26. The van der Waals surface area contributed by atoms with Gasteiger partial charge < -0.3 is 19.4 Å². The summed E-state index contributed by atoms with van der Waals surface area (Å²) in [6.45, 7) is 2.03. The van der Waals surface area contributed by atoms with Crippen LogP contribution < -0.4 is 14.8 Å². The Morgan fingerprint density at radius 2 is 1.96 bits per heavy atom. The van der Waals surface area contributed by atoms with Crippen molar-refractivity contribution in [1.29, 1.82) is 0 Å². The van der Waals surface area contributed by atoms with E-state index in [1.54, 1.807) is 6.33 Å². The molecule has 0 amide bonds. The molecule has 7 nitrogen and oxygen atoms in total. The van der Waals surface area contributed by atoms with Crippen LogP contribution in [0.4, 0.5) is 5.82 Å². The summed E-state index contributed by atoms with van der Waals surface area (Å²) in [6.07, 6.45) is 6.78. The second-order valence-corrected chi connectivity index (χ2v) is 6.46. The van der Waals surface area contributed by atoms with Gasteiger partial charge in [-0.2, -0.15) is 0 Å². The van der Waals surface area contributed by atoms with Crippen LogP contribution in [-0.2, 0) is 6.54 Å². The smallest absolute Gasteiger partial charge is 0.165 e. The fraction of sp³-hybridized carbons (Fsp3) is 0.389. The number of imidazole rings is 1. The second kappa shape index (κ2) is 5.91. The molecule has 3 heterocycles. The number of fused-ring (bicyclic) bond motifs is 2. The third-order valence-electron chi connectivity index (χ3n) is 4.57. The number of anilines is 1. The van der Waals surface area contributed by atoms with E-state index in [0.717, 1.165) is 40.5 Å². The number of benzene rings is 1. The van der Waals surface area contributed by atoms with E-state index in [2.05, 4.69) is 24.8 Å². The molecule has 5 rings (SSSR count). The predicted octanol–water partition coefficient (Wildman–Crippen LogP) is 2.93.